The molecule has 1 fully saturated rings. The second-order valence-electron chi connectivity index (χ2n) is 6.29. The molecule has 128 valence electrons. The molecule has 0 aliphatic carbocycles. The molecule has 1 N–H and O–H groups in total. The Morgan fingerprint density at radius 2 is 2.12 bits per heavy atom. The Bertz CT molecular complexity index is 721. The Balaban J connectivity index is 1.86. The summed E-state index contributed by atoms with van der Waals surface area (Å²) >= 11 is 0. The van der Waals surface area contributed by atoms with Crippen molar-refractivity contribution in [3.8, 4) is 5.75 Å². The lowest BCUT2D eigenvalue weighted by molar-refractivity contribution is -0.141. The van der Waals surface area contributed by atoms with Crippen LogP contribution >= 0.6 is 0 Å². The number of para-hydroxylation sites is 1. The van der Waals surface area contributed by atoms with Gasteiger partial charge in [-0.3, -0.25) is 9.69 Å². The van der Waals surface area contributed by atoms with Crippen molar-refractivity contribution in [1.82, 2.24) is 10.1 Å². The minimum atomic E-state index is -0.771. The molecular formula is C18H22N2O4. The predicted molar refractivity (Wildman–Crippen MR) is 88.1 cm³/mol. The zero-order valence-corrected chi connectivity index (χ0v) is 14.2. The molecule has 1 aliphatic rings. The highest BCUT2D eigenvalue weighted by atomic mass is 16.5. The Morgan fingerprint density at radius 3 is 2.75 bits per heavy atom. The smallest absolute Gasteiger partial charge is 0.308 e. The standard InChI is InChI=1S/C18H22N2O4/c1-11-14(12(2)24-19-11)8-20-9-15(16(10-20)18(21)22)13-6-4-5-7-17(13)23-3/h4-7,15-16H,8-10H2,1-3H3,(H,21,22)/t15-,16+/m0/s1. The van der Waals surface area contributed by atoms with Crippen molar-refractivity contribution in [2.75, 3.05) is 20.2 Å². The molecule has 0 saturated carbocycles. The molecule has 3 rings (SSSR count). The number of methoxy groups -OCH3 is 1. The largest absolute Gasteiger partial charge is 0.496 e. The van der Waals surface area contributed by atoms with Gasteiger partial charge >= 0.3 is 5.97 Å². The van der Waals surface area contributed by atoms with Crippen LogP contribution in [0.2, 0.25) is 0 Å². The number of aromatic nitrogens is 1. The van der Waals surface area contributed by atoms with Gasteiger partial charge in [-0.25, -0.2) is 0 Å². The van der Waals surface area contributed by atoms with Crippen molar-refractivity contribution in [3.05, 3.63) is 46.8 Å². The van der Waals surface area contributed by atoms with Crippen molar-refractivity contribution >= 4 is 5.97 Å². The number of carboxylic acid groups (broad SMARTS) is 1. The van der Waals surface area contributed by atoms with Crippen LogP contribution in [0, 0.1) is 19.8 Å². The van der Waals surface area contributed by atoms with E-state index in [2.05, 4.69) is 10.1 Å². The van der Waals surface area contributed by atoms with E-state index in [0.29, 0.717) is 19.6 Å². The van der Waals surface area contributed by atoms with Crippen molar-refractivity contribution in [1.29, 1.82) is 0 Å². The van der Waals surface area contributed by atoms with Gasteiger partial charge in [0.05, 0.1) is 18.7 Å². The summed E-state index contributed by atoms with van der Waals surface area (Å²) in [5.74, 6) is 0.209. The van der Waals surface area contributed by atoms with E-state index in [4.69, 9.17) is 9.26 Å². The molecule has 24 heavy (non-hydrogen) atoms. The van der Waals surface area contributed by atoms with Crippen LogP contribution in [-0.4, -0.2) is 41.3 Å². The fourth-order valence-corrected chi connectivity index (χ4v) is 3.50. The number of rotatable bonds is 5. The molecule has 2 atom stereocenters. The number of carboxylic acids is 1. The molecule has 0 amide bonds. The maximum Gasteiger partial charge on any atom is 0.308 e. The van der Waals surface area contributed by atoms with E-state index in [1.165, 1.54) is 0 Å². The summed E-state index contributed by atoms with van der Waals surface area (Å²) in [6.45, 7) is 5.62. The van der Waals surface area contributed by atoms with Crippen LogP contribution in [-0.2, 0) is 11.3 Å². The average Bonchev–Trinajstić information content (AvgIpc) is 3.14. The lowest BCUT2D eigenvalue weighted by Crippen LogP contribution is -2.23. The fourth-order valence-electron chi connectivity index (χ4n) is 3.50. The number of likely N-dealkylation sites (tertiary alicyclic amines) is 1. The van der Waals surface area contributed by atoms with Crippen LogP contribution in [0.25, 0.3) is 0 Å². The summed E-state index contributed by atoms with van der Waals surface area (Å²) in [4.78, 5) is 13.9. The summed E-state index contributed by atoms with van der Waals surface area (Å²) in [6.07, 6.45) is 0. The molecule has 0 unspecified atom stereocenters. The van der Waals surface area contributed by atoms with E-state index in [1.54, 1.807) is 7.11 Å². The molecule has 2 heterocycles. The maximum absolute atomic E-state index is 11.8. The topological polar surface area (TPSA) is 75.8 Å². The molecule has 1 saturated heterocycles. The number of carbonyl (C=O) groups is 1. The second-order valence-corrected chi connectivity index (χ2v) is 6.29. The summed E-state index contributed by atoms with van der Waals surface area (Å²) < 4.78 is 10.6. The van der Waals surface area contributed by atoms with Gasteiger partial charge in [-0.15, -0.1) is 0 Å². The first-order chi connectivity index (χ1) is 11.5. The molecule has 1 aromatic carbocycles. The third kappa shape index (κ3) is 3.01. The Hall–Kier alpha value is -2.34. The summed E-state index contributed by atoms with van der Waals surface area (Å²) in [5, 5.41) is 13.6. The minimum absolute atomic E-state index is 0.0980. The van der Waals surface area contributed by atoms with Crippen molar-refractivity contribution < 1.29 is 19.2 Å². The lowest BCUT2D eigenvalue weighted by atomic mass is 9.88. The van der Waals surface area contributed by atoms with Gasteiger partial charge in [0.15, 0.2) is 0 Å². The quantitative estimate of drug-likeness (QED) is 0.908. The Labute approximate surface area is 141 Å². The highest BCUT2D eigenvalue weighted by molar-refractivity contribution is 5.72. The summed E-state index contributed by atoms with van der Waals surface area (Å²) in [5.41, 5.74) is 2.86. The molecule has 1 aromatic heterocycles. The molecule has 0 radical (unpaired) electrons. The third-order valence-electron chi connectivity index (χ3n) is 4.81. The molecule has 0 spiro atoms. The first-order valence-corrected chi connectivity index (χ1v) is 8.01. The van der Waals surface area contributed by atoms with Crippen LogP contribution in [0.5, 0.6) is 5.75 Å². The number of benzene rings is 1. The first kappa shape index (κ1) is 16.5. The van der Waals surface area contributed by atoms with Crippen LogP contribution in [0.1, 0.15) is 28.5 Å². The molecular weight excluding hydrogens is 308 g/mol. The second kappa shape index (κ2) is 6.65. The summed E-state index contributed by atoms with van der Waals surface area (Å²) in [7, 11) is 1.62. The molecule has 2 aromatic rings. The van der Waals surface area contributed by atoms with Gasteiger partial charge in [0.2, 0.25) is 0 Å². The van der Waals surface area contributed by atoms with E-state index in [0.717, 1.165) is 28.3 Å². The van der Waals surface area contributed by atoms with Gasteiger partial charge in [-0.2, -0.15) is 0 Å². The fraction of sp³-hybridized carbons (Fsp3) is 0.444. The van der Waals surface area contributed by atoms with E-state index in [-0.39, 0.29) is 5.92 Å². The van der Waals surface area contributed by atoms with Gasteiger partial charge < -0.3 is 14.4 Å². The van der Waals surface area contributed by atoms with Crippen molar-refractivity contribution in [2.24, 2.45) is 5.92 Å². The molecule has 6 nitrogen and oxygen atoms in total. The molecule has 0 bridgehead atoms. The van der Waals surface area contributed by atoms with Gasteiger partial charge in [0, 0.05) is 31.1 Å². The number of nitrogens with zero attached hydrogens (tertiary/aromatic N) is 2. The van der Waals surface area contributed by atoms with E-state index < -0.39 is 11.9 Å². The third-order valence-corrected chi connectivity index (χ3v) is 4.81. The van der Waals surface area contributed by atoms with E-state index >= 15 is 0 Å². The highest BCUT2D eigenvalue weighted by Gasteiger charge is 2.40. The number of ether oxygens (including phenoxy) is 1. The number of hydrogen-bond donors (Lipinski definition) is 1. The SMILES string of the molecule is COc1ccccc1[C@@H]1CN(Cc2c(C)noc2C)C[C@H]1C(=O)O. The average molecular weight is 330 g/mol. The highest BCUT2D eigenvalue weighted by Crippen LogP contribution is 2.38. The monoisotopic (exact) mass is 330 g/mol. The maximum atomic E-state index is 11.8. The normalized spacial score (nSPS) is 21.1. The van der Waals surface area contributed by atoms with Gasteiger partial charge in [0.25, 0.3) is 0 Å². The van der Waals surface area contributed by atoms with Crippen LogP contribution in [0.15, 0.2) is 28.8 Å². The zero-order chi connectivity index (χ0) is 17.3. The van der Waals surface area contributed by atoms with Crippen LogP contribution in [0.3, 0.4) is 0 Å². The number of aliphatic carboxylic acids is 1. The van der Waals surface area contributed by atoms with Gasteiger partial charge in [-0.05, 0) is 25.5 Å². The van der Waals surface area contributed by atoms with Crippen LogP contribution < -0.4 is 4.74 Å². The zero-order valence-electron chi connectivity index (χ0n) is 14.2. The van der Waals surface area contributed by atoms with Gasteiger partial charge in [-0.1, -0.05) is 23.4 Å². The predicted octanol–water partition coefficient (Wildman–Crippen LogP) is 2.60. The number of aryl methyl sites for hydroxylation is 2. The minimum Gasteiger partial charge on any atom is -0.496 e. The van der Waals surface area contributed by atoms with E-state index in [9.17, 15) is 9.90 Å². The Kier molecular flexibility index (Phi) is 4.57. The van der Waals surface area contributed by atoms with Crippen LogP contribution in [0.4, 0.5) is 0 Å². The van der Waals surface area contributed by atoms with Crippen molar-refractivity contribution in [2.45, 2.75) is 26.3 Å². The van der Waals surface area contributed by atoms with Crippen molar-refractivity contribution in [3.63, 3.8) is 0 Å². The molecule has 1 aliphatic heterocycles. The summed E-state index contributed by atoms with van der Waals surface area (Å²) in [6, 6.07) is 7.66. The first-order valence-electron chi connectivity index (χ1n) is 8.01. The molecule has 6 heteroatoms. The number of hydrogen-bond acceptors (Lipinski definition) is 5. The Morgan fingerprint density at radius 1 is 1.38 bits per heavy atom. The lowest BCUT2D eigenvalue weighted by Gasteiger charge is -2.18. The van der Waals surface area contributed by atoms with E-state index in [1.807, 2.05) is 38.1 Å². The van der Waals surface area contributed by atoms with Gasteiger partial charge in [0.1, 0.15) is 11.5 Å².